The maximum atomic E-state index is 13.6. The maximum absolute atomic E-state index is 13.6. The minimum absolute atomic E-state index is 0.0231. The van der Waals surface area contributed by atoms with Crippen LogP contribution in [-0.4, -0.2) is 50.3 Å². The van der Waals surface area contributed by atoms with Crippen molar-refractivity contribution in [1.82, 2.24) is 20.2 Å². The first-order chi connectivity index (χ1) is 12.5. The number of rotatable bonds is 5. The lowest BCUT2D eigenvalue weighted by Gasteiger charge is -2.32. The lowest BCUT2D eigenvalue weighted by atomic mass is 10.0. The largest absolute Gasteiger partial charge is 0.480 e. The summed E-state index contributed by atoms with van der Waals surface area (Å²) in [7, 11) is 0. The SMILES string of the molecule is O=C(NCCC(=O)N1Cc2[nH]cnc2C[C@H]1C(=O)O)c1ccccc1F. The summed E-state index contributed by atoms with van der Waals surface area (Å²) in [5.74, 6) is -2.79. The van der Waals surface area contributed by atoms with Gasteiger partial charge >= 0.3 is 5.97 Å². The van der Waals surface area contributed by atoms with E-state index in [0.29, 0.717) is 11.4 Å². The van der Waals surface area contributed by atoms with Crippen molar-refractivity contribution in [3.63, 3.8) is 0 Å². The molecule has 8 nitrogen and oxygen atoms in total. The number of aromatic nitrogens is 2. The fourth-order valence-electron chi connectivity index (χ4n) is 2.89. The Balaban J connectivity index is 1.60. The number of hydrogen-bond donors (Lipinski definition) is 3. The van der Waals surface area contributed by atoms with Crippen LogP contribution in [0.3, 0.4) is 0 Å². The highest BCUT2D eigenvalue weighted by atomic mass is 19.1. The molecule has 0 bridgehead atoms. The molecule has 9 heteroatoms. The van der Waals surface area contributed by atoms with E-state index >= 15 is 0 Å². The molecule has 0 saturated carbocycles. The minimum atomic E-state index is -1.11. The van der Waals surface area contributed by atoms with E-state index in [1.807, 2.05) is 0 Å². The molecule has 0 radical (unpaired) electrons. The van der Waals surface area contributed by atoms with Crippen LogP contribution in [0.2, 0.25) is 0 Å². The summed E-state index contributed by atoms with van der Waals surface area (Å²) in [6.45, 7) is 0.0943. The van der Waals surface area contributed by atoms with E-state index in [0.717, 1.165) is 0 Å². The Bertz CT molecular complexity index is 851. The van der Waals surface area contributed by atoms with Gasteiger partial charge in [0.15, 0.2) is 0 Å². The fourth-order valence-corrected chi connectivity index (χ4v) is 2.89. The third-order valence-electron chi connectivity index (χ3n) is 4.25. The van der Waals surface area contributed by atoms with E-state index in [9.17, 15) is 23.9 Å². The zero-order valence-electron chi connectivity index (χ0n) is 13.7. The molecule has 136 valence electrons. The Labute approximate surface area is 148 Å². The molecule has 0 unspecified atom stereocenters. The number of carboxylic acids is 1. The number of nitrogens with one attached hydrogen (secondary N) is 2. The van der Waals surface area contributed by atoms with Gasteiger partial charge in [-0.1, -0.05) is 12.1 Å². The summed E-state index contributed by atoms with van der Waals surface area (Å²) in [5, 5.41) is 11.8. The smallest absolute Gasteiger partial charge is 0.326 e. The van der Waals surface area contributed by atoms with E-state index < -0.39 is 29.6 Å². The molecule has 3 N–H and O–H groups in total. The number of H-pyrrole nitrogens is 1. The van der Waals surface area contributed by atoms with Gasteiger partial charge in [0.25, 0.3) is 5.91 Å². The topological polar surface area (TPSA) is 115 Å². The summed E-state index contributed by atoms with van der Waals surface area (Å²) < 4.78 is 13.6. The van der Waals surface area contributed by atoms with Gasteiger partial charge in [0, 0.05) is 19.4 Å². The third kappa shape index (κ3) is 3.56. The highest BCUT2D eigenvalue weighted by Crippen LogP contribution is 2.21. The van der Waals surface area contributed by atoms with Crippen molar-refractivity contribution in [2.75, 3.05) is 6.54 Å². The van der Waals surface area contributed by atoms with Crippen molar-refractivity contribution >= 4 is 17.8 Å². The Morgan fingerprint density at radius 3 is 2.85 bits per heavy atom. The van der Waals surface area contributed by atoms with Gasteiger partial charge in [0.05, 0.1) is 29.8 Å². The molecule has 1 aliphatic rings. The number of nitrogens with zero attached hydrogens (tertiary/aromatic N) is 2. The van der Waals surface area contributed by atoms with Crippen LogP contribution in [0.15, 0.2) is 30.6 Å². The van der Waals surface area contributed by atoms with Crippen LogP contribution < -0.4 is 5.32 Å². The van der Waals surface area contributed by atoms with E-state index in [4.69, 9.17) is 0 Å². The first kappa shape index (κ1) is 17.6. The Morgan fingerprint density at radius 1 is 1.35 bits per heavy atom. The molecule has 1 aromatic carbocycles. The molecule has 26 heavy (non-hydrogen) atoms. The van der Waals surface area contributed by atoms with Crippen molar-refractivity contribution in [1.29, 1.82) is 0 Å². The second-order valence-electron chi connectivity index (χ2n) is 5.89. The predicted octanol–water partition coefficient (Wildman–Crippen LogP) is 0.707. The van der Waals surface area contributed by atoms with Gasteiger partial charge in [-0.3, -0.25) is 9.59 Å². The van der Waals surface area contributed by atoms with E-state index in [2.05, 4.69) is 15.3 Å². The Kier molecular flexibility index (Phi) is 4.97. The number of halogens is 1. The second-order valence-corrected chi connectivity index (χ2v) is 5.89. The lowest BCUT2D eigenvalue weighted by molar-refractivity contribution is -0.151. The minimum Gasteiger partial charge on any atom is -0.480 e. The number of aromatic amines is 1. The van der Waals surface area contributed by atoms with Crippen LogP contribution >= 0.6 is 0 Å². The number of imidazole rings is 1. The van der Waals surface area contributed by atoms with Gasteiger partial charge < -0.3 is 20.3 Å². The van der Waals surface area contributed by atoms with Gasteiger partial charge in [0.2, 0.25) is 5.91 Å². The Hall–Kier alpha value is -3.23. The molecule has 2 heterocycles. The van der Waals surface area contributed by atoms with E-state index in [-0.39, 0.29) is 31.5 Å². The summed E-state index contributed by atoms with van der Waals surface area (Å²) in [5.41, 5.74) is 1.23. The molecule has 3 rings (SSSR count). The Morgan fingerprint density at radius 2 is 2.12 bits per heavy atom. The molecule has 0 aliphatic carbocycles. The summed E-state index contributed by atoms with van der Waals surface area (Å²) in [6, 6.07) is 4.53. The number of carboxylic acid groups (broad SMARTS) is 1. The van der Waals surface area contributed by atoms with Crippen LogP contribution in [0.1, 0.15) is 28.2 Å². The van der Waals surface area contributed by atoms with Crippen molar-refractivity contribution in [3.8, 4) is 0 Å². The number of carbonyl (C=O) groups excluding carboxylic acids is 2. The predicted molar refractivity (Wildman–Crippen MR) is 87.6 cm³/mol. The monoisotopic (exact) mass is 360 g/mol. The van der Waals surface area contributed by atoms with Gasteiger partial charge in [-0.2, -0.15) is 0 Å². The number of benzene rings is 1. The lowest BCUT2D eigenvalue weighted by Crippen LogP contribution is -2.49. The number of hydrogen-bond acceptors (Lipinski definition) is 4. The molecular weight excluding hydrogens is 343 g/mol. The van der Waals surface area contributed by atoms with Crippen LogP contribution in [0.25, 0.3) is 0 Å². The van der Waals surface area contributed by atoms with Crippen LogP contribution in [-0.2, 0) is 22.6 Å². The first-order valence-corrected chi connectivity index (χ1v) is 8.03. The van der Waals surface area contributed by atoms with Crippen molar-refractivity contribution in [2.45, 2.75) is 25.4 Å². The van der Waals surface area contributed by atoms with Crippen LogP contribution in [0.4, 0.5) is 4.39 Å². The zero-order valence-corrected chi connectivity index (χ0v) is 13.7. The standard InChI is InChI=1S/C17H17FN4O4/c18-11-4-2-1-3-10(11)16(24)19-6-5-15(23)22-8-13-12(20-9-21-13)7-14(22)17(25)26/h1-4,9,14H,5-8H2,(H,19,24)(H,20,21)(H,25,26)/t14-/m0/s1. The van der Waals surface area contributed by atoms with Crippen LogP contribution in [0.5, 0.6) is 0 Å². The maximum Gasteiger partial charge on any atom is 0.326 e. The van der Waals surface area contributed by atoms with Gasteiger partial charge in [-0.15, -0.1) is 0 Å². The highest BCUT2D eigenvalue weighted by molar-refractivity contribution is 5.94. The summed E-state index contributed by atoms with van der Waals surface area (Å²) >= 11 is 0. The fraction of sp³-hybridized carbons (Fsp3) is 0.294. The second kappa shape index (κ2) is 7.34. The molecule has 1 aromatic heterocycles. The first-order valence-electron chi connectivity index (χ1n) is 8.03. The van der Waals surface area contributed by atoms with Crippen LogP contribution in [0, 0.1) is 5.82 Å². The average Bonchev–Trinajstić information content (AvgIpc) is 3.08. The van der Waals surface area contributed by atoms with Gasteiger partial charge in [-0.05, 0) is 12.1 Å². The molecule has 2 aromatic rings. The van der Waals surface area contributed by atoms with Crippen molar-refractivity contribution < 1.29 is 23.9 Å². The molecule has 1 aliphatic heterocycles. The number of aliphatic carboxylic acids is 1. The number of fused-ring (bicyclic) bond motifs is 1. The third-order valence-corrected chi connectivity index (χ3v) is 4.25. The van der Waals surface area contributed by atoms with Crippen molar-refractivity contribution in [3.05, 3.63) is 53.4 Å². The van der Waals surface area contributed by atoms with Crippen molar-refractivity contribution in [2.24, 2.45) is 0 Å². The molecule has 2 amide bonds. The quantitative estimate of drug-likeness (QED) is 0.726. The molecule has 0 fully saturated rings. The van der Waals surface area contributed by atoms with Gasteiger partial charge in [0.1, 0.15) is 11.9 Å². The number of carbonyl (C=O) groups is 3. The molecular formula is C17H17FN4O4. The summed E-state index contributed by atoms with van der Waals surface area (Å²) in [4.78, 5) is 44.0. The highest BCUT2D eigenvalue weighted by Gasteiger charge is 2.35. The average molecular weight is 360 g/mol. The zero-order chi connectivity index (χ0) is 18.7. The molecule has 0 saturated heterocycles. The molecule has 1 atom stereocenters. The van der Waals surface area contributed by atoms with E-state index in [1.54, 1.807) is 0 Å². The van der Waals surface area contributed by atoms with E-state index in [1.165, 1.54) is 35.5 Å². The summed E-state index contributed by atoms with van der Waals surface area (Å²) in [6.07, 6.45) is 1.50. The number of amides is 2. The normalized spacial score (nSPS) is 16.0. The molecule has 0 spiro atoms. The van der Waals surface area contributed by atoms with Gasteiger partial charge in [-0.25, -0.2) is 14.2 Å².